The molecule has 9 nitrogen and oxygen atoms in total. The molecule has 250 valence electrons. The standard InChI is InChI=1S/C35H47ClFN5O4/c1-8-38-33(44)29(21-11-9-12-21)42-34(45)35(6,18-46-7)22-15-16-25-26(17-22)40-31(39-25)30(41-32(43)20(4)5)27(19(2)3)28-23(36)13-10-14-24(28)37/h10,13-17,19-21,27,29-30H,8-9,11-12,18H2,1-7H3,(H,38,44)(H,39,40)(H,41,43)(H,42,45). The van der Waals surface area contributed by atoms with Gasteiger partial charge in [0.1, 0.15) is 17.7 Å². The van der Waals surface area contributed by atoms with Crippen LogP contribution < -0.4 is 16.0 Å². The molecule has 4 unspecified atom stereocenters. The van der Waals surface area contributed by atoms with Crippen LogP contribution in [0.1, 0.15) is 89.7 Å². The number of halogens is 2. The van der Waals surface area contributed by atoms with E-state index in [1.54, 1.807) is 39.0 Å². The molecular weight excluding hydrogens is 609 g/mol. The van der Waals surface area contributed by atoms with Gasteiger partial charge in [0.2, 0.25) is 17.7 Å². The normalized spacial score (nSPS) is 16.8. The van der Waals surface area contributed by atoms with Gasteiger partial charge < -0.3 is 25.7 Å². The number of aromatic nitrogens is 2. The largest absolute Gasteiger partial charge is 0.383 e. The minimum atomic E-state index is -1.13. The second-order valence-corrected chi connectivity index (χ2v) is 13.6. The van der Waals surface area contributed by atoms with Crippen LogP contribution in [-0.2, 0) is 24.5 Å². The third-order valence-corrected chi connectivity index (χ3v) is 9.47. The second-order valence-electron chi connectivity index (χ2n) is 13.2. The summed E-state index contributed by atoms with van der Waals surface area (Å²) in [5.74, 6) is -1.61. The van der Waals surface area contributed by atoms with Gasteiger partial charge >= 0.3 is 0 Å². The molecule has 1 saturated carbocycles. The number of methoxy groups -OCH3 is 1. The number of nitrogens with zero attached hydrogens (tertiary/aromatic N) is 1. The maximum Gasteiger partial charge on any atom is 0.242 e. The summed E-state index contributed by atoms with van der Waals surface area (Å²) in [6, 6.07) is 8.69. The van der Waals surface area contributed by atoms with E-state index >= 15 is 4.39 Å². The van der Waals surface area contributed by atoms with E-state index in [0.29, 0.717) is 34.5 Å². The van der Waals surface area contributed by atoms with Crippen LogP contribution in [0, 0.1) is 23.6 Å². The molecule has 4 N–H and O–H groups in total. The van der Waals surface area contributed by atoms with E-state index in [1.807, 2.05) is 32.9 Å². The average Bonchev–Trinajstić information content (AvgIpc) is 3.40. The lowest BCUT2D eigenvalue weighted by atomic mass is 9.77. The zero-order valence-electron chi connectivity index (χ0n) is 27.8. The van der Waals surface area contributed by atoms with Gasteiger partial charge in [0.15, 0.2) is 0 Å². The molecule has 0 aliphatic heterocycles. The Bertz CT molecular complexity index is 1530. The summed E-state index contributed by atoms with van der Waals surface area (Å²) in [6.07, 6.45) is 2.80. The zero-order chi connectivity index (χ0) is 33.8. The molecule has 11 heteroatoms. The highest BCUT2D eigenvalue weighted by molar-refractivity contribution is 6.31. The molecule has 3 aromatic rings. The van der Waals surface area contributed by atoms with Crippen LogP contribution in [0.15, 0.2) is 36.4 Å². The number of hydrogen-bond donors (Lipinski definition) is 4. The highest BCUT2D eigenvalue weighted by Crippen LogP contribution is 2.41. The molecule has 1 aliphatic carbocycles. The minimum Gasteiger partial charge on any atom is -0.383 e. The fourth-order valence-corrected chi connectivity index (χ4v) is 6.50. The summed E-state index contributed by atoms with van der Waals surface area (Å²) < 4.78 is 20.9. The van der Waals surface area contributed by atoms with Gasteiger partial charge in [-0.15, -0.1) is 0 Å². The van der Waals surface area contributed by atoms with Gasteiger partial charge in [-0.2, -0.15) is 0 Å². The molecule has 0 bridgehead atoms. The first kappa shape index (κ1) is 35.4. The van der Waals surface area contributed by atoms with Gasteiger partial charge in [-0.05, 0) is 68.4 Å². The maximum absolute atomic E-state index is 15.3. The van der Waals surface area contributed by atoms with Crippen molar-refractivity contribution in [3.05, 3.63) is 64.2 Å². The summed E-state index contributed by atoms with van der Waals surface area (Å²) in [5.41, 5.74) is 1.09. The van der Waals surface area contributed by atoms with Gasteiger partial charge in [-0.3, -0.25) is 14.4 Å². The number of amides is 3. The first-order chi connectivity index (χ1) is 21.8. The van der Waals surface area contributed by atoms with E-state index in [4.69, 9.17) is 21.3 Å². The highest BCUT2D eigenvalue weighted by Gasteiger charge is 2.41. The number of hydrogen-bond acceptors (Lipinski definition) is 5. The Morgan fingerprint density at radius 3 is 2.39 bits per heavy atom. The topological polar surface area (TPSA) is 125 Å². The van der Waals surface area contributed by atoms with Crippen molar-refractivity contribution in [2.75, 3.05) is 20.3 Å². The number of benzene rings is 2. The van der Waals surface area contributed by atoms with E-state index in [1.165, 1.54) is 13.2 Å². The Labute approximate surface area is 275 Å². The summed E-state index contributed by atoms with van der Waals surface area (Å²) >= 11 is 6.56. The molecule has 1 aromatic heterocycles. The van der Waals surface area contributed by atoms with Crippen molar-refractivity contribution in [2.24, 2.45) is 17.8 Å². The minimum absolute atomic E-state index is 0.0758. The second kappa shape index (κ2) is 14.9. The van der Waals surface area contributed by atoms with Crippen molar-refractivity contribution < 1.29 is 23.5 Å². The number of rotatable bonds is 14. The van der Waals surface area contributed by atoms with Crippen LogP contribution in [-0.4, -0.2) is 54.0 Å². The number of nitrogens with one attached hydrogen (secondary N) is 4. The molecule has 2 aromatic carbocycles. The van der Waals surface area contributed by atoms with E-state index in [-0.39, 0.29) is 47.1 Å². The molecule has 0 saturated heterocycles. The molecule has 0 spiro atoms. The van der Waals surface area contributed by atoms with Crippen molar-refractivity contribution in [1.29, 1.82) is 0 Å². The molecule has 1 fully saturated rings. The van der Waals surface area contributed by atoms with E-state index in [0.717, 1.165) is 19.3 Å². The number of fused-ring (bicyclic) bond motifs is 1. The predicted molar refractivity (Wildman–Crippen MR) is 178 cm³/mol. The number of aromatic amines is 1. The van der Waals surface area contributed by atoms with Gasteiger partial charge in [0.25, 0.3) is 0 Å². The van der Waals surface area contributed by atoms with Crippen LogP contribution in [0.4, 0.5) is 4.39 Å². The fourth-order valence-electron chi connectivity index (χ4n) is 6.21. The van der Waals surface area contributed by atoms with Crippen LogP contribution in [0.5, 0.6) is 0 Å². The van der Waals surface area contributed by atoms with E-state index < -0.39 is 29.2 Å². The van der Waals surface area contributed by atoms with Gasteiger partial charge in [0, 0.05) is 36.1 Å². The SMILES string of the molecule is CCNC(=O)C(NC(=O)C(C)(COC)c1ccc2nc(C(NC(=O)C(C)C)C(c3c(F)cccc3Cl)C(C)C)[nH]c2c1)C1CCC1. The maximum atomic E-state index is 15.3. The molecule has 4 atom stereocenters. The number of H-pyrrole nitrogens is 1. The summed E-state index contributed by atoms with van der Waals surface area (Å²) in [7, 11) is 1.54. The number of carbonyl (C=O) groups excluding carboxylic acids is 3. The Kier molecular flexibility index (Phi) is 11.5. The molecule has 4 rings (SSSR count). The lowest BCUT2D eigenvalue weighted by Crippen LogP contribution is -2.57. The van der Waals surface area contributed by atoms with Crippen molar-refractivity contribution >= 4 is 40.4 Å². The average molecular weight is 656 g/mol. The fraction of sp³-hybridized carbons (Fsp3) is 0.543. The van der Waals surface area contributed by atoms with E-state index in [2.05, 4.69) is 20.9 Å². The molecule has 1 heterocycles. The smallest absolute Gasteiger partial charge is 0.242 e. The van der Waals surface area contributed by atoms with Crippen molar-refractivity contribution in [3.8, 4) is 0 Å². The summed E-state index contributed by atoms with van der Waals surface area (Å²) in [6.45, 7) is 11.7. The Hall–Kier alpha value is -3.50. The van der Waals surface area contributed by atoms with Crippen LogP contribution in [0.2, 0.25) is 5.02 Å². The molecule has 46 heavy (non-hydrogen) atoms. The van der Waals surface area contributed by atoms with Gasteiger partial charge in [-0.1, -0.05) is 57.8 Å². The summed E-state index contributed by atoms with van der Waals surface area (Å²) in [4.78, 5) is 48.1. The van der Waals surface area contributed by atoms with Crippen molar-refractivity contribution in [1.82, 2.24) is 25.9 Å². The Morgan fingerprint density at radius 1 is 1.11 bits per heavy atom. The number of likely N-dealkylation sites (N-methyl/N-ethyl adjacent to an activating group) is 1. The van der Waals surface area contributed by atoms with Crippen LogP contribution >= 0.6 is 11.6 Å². The molecule has 3 amide bonds. The molecule has 0 radical (unpaired) electrons. The quantitative estimate of drug-likeness (QED) is 0.171. The number of carbonyl (C=O) groups is 3. The van der Waals surface area contributed by atoms with Crippen molar-refractivity contribution in [3.63, 3.8) is 0 Å². The third-order valence-electron chi connectivity index (χ3n) is 9.14. The zero-order valence-corrected chi connectivity index (χ0v) is 28.6. The lowest BCUT2D eigenvalue weighted by Gasteiger charge is -2.36. The Balaban J connectivity index is 1.76. The first-order valence-electron chi connectivity index (χ1n) is 16.1. The van der Waals surface area contributed by atoms with Gasteiger partial charge in [0.05, 0.1) is 29.1 Å². The van der Waals surface area contributed by atoms with E-state index in [9.17, 15) is 14.4 Å². The molecular formula is C35H47ClFN5O4. The predicted octanol–water partition coefficient (Wildman–Crippen LogP) is 5.93. The number of imidazole rings is 1. The van der Waals surface area contributed by atoms with Crippen LogP contribution in [0.25, 0.3) is 11.0 Å². The van der Waals surface area contributed by atoms with Crippen LogP contribution in [0.3, 0.4) is 0 Å². The summed E-state index contributed by atoms with van der Waals surface area (Å²) in [5, 5.41) is 9.26. The third kappa shape index (κ3) is 7.39. The lowest BCUT2D eigenvalue weighted by molar-refractivity contribution is -0.135. The number of ether oxygens (including phenoxy) is 1. The molecule has 1 aliphatic rings. The van der Waals surface area contributed by atoms with Gasteiger partial charge in [-0.25, -0.2) is 9.37 Å². The van der Waals surface area contributed by atoms with Crippen molar-refractivity contribution in [2.45, 2.75) is 84.2 Å². The highest BCUT2D eigenvalue weighted by atomic mass is 35.5. The first-order valence-corrected chi connectivity index (χ1v) is 16.5. The monoisotopic (exact) mass is 655 g/mol. The Morgan fingerprint density at radius 2 is 1.83 bits per heavy atom.